The Morgan fingerprint density at radius 2 is 2.19 bits per heavy atom. The van der Waals surface area contributed by atoms with Crippen LogP contribution in [0.4, 0.5) is 0 Å². The summed E-state index contributed by atoms with van der Waals surface area (Å²) in [7, 11) is 0. The molecule has 114 valence electrons. The number of Topliss-reactive ketones (excluding diaryl/α,β-unsaturated/α-hetero) is 1. The first-order valence-electron chi connectivity index (χ1n) is 7.46. The van der Waals surface area contributed by atoms with Crippen LogP contribution in [0, 0.1) is 12.8 Å². The van der Waals surface area contributed by atoms with Crippen LogP contribution in [-0.2, 0) is 9.53 Å². The van der Waals surface area contributed by atoms with Crippen molar-refractivity contribution in [3.05, 3.63) is 29.3 Å². The van der Waals surface area contributed by atoms with Crippen molar-refractivity contribution in [2.45, 2.75) is 39.5 Å². The Bertz CT molecular complexity index is 516. The standard InChI is InChI=1S/C17H22O4/c1-12-10-15(13(2)18)6-7-16(12)21-17(19)8-5-14-4-3-9-20-11-14/h6-7,10,14H,3-5,8-9,11H2,1-2H3/t14-/m0/s1. The minimum Gasteiger partial charge on any atom is -0.426 e. The zero-order chi connectivity index (χ0) is 15.2. The molecule has 2 rings (SSSR count). The number of rotatable bonds is 5. The summed E-state index contributed by atoms with van der Waals surface area (Å²) in [5.41, 5.74) is 1.43. The average Bonchev–Trinajstić information content (AvgIpc) is 2.48. The highest BCUT2D eigenvalue weighted by Gasteiger charge is 2.16. The molecule has 1 aromatic carbocycles. The van der Waals surface area contributed by atoms with Crippen molar-refractivity contribution in [2.75, 3.05) is 13.2 Å². The molecule has 0 bridgehead atoms. The third kappa shape index (κ3) is 4.67. The number of benzene rings is 1. The molecule has 0 N–H and O–H groups in total. The number of aryl methyl sites for hydroxylation is 1. The van der Waals surface area contributed by atoms with E-state index in [0.29, 0.717) is 23.7 Å². The number of hydrogen-bond donors (Lipinski definition) is 0. The summed E-state index contributed by atoms with van der Waals surface area (Å²) in [5, 5.41) is 0. The molecule has 1 fully saturated rings. The third-order valence-electron chi connectivity index (χ3n) is 3.82. The smallest absolute Gasteiger partial charge is 0.311 e. The average molecular weight is 290 g/mol. The molecule has 1 aliphatic heterocycles. The second-order valence-electron chi connectivity index (χ2n) is 5.63. The fraction of sp³-hybridized carbons (Fsp3) is 0.529. The summed E-state index contributed by atoms with van der Waals surface area (Å²) in [6.07, 6.45) is 3.41. The lowest BCUT2D eigenvalue weighted by molar-refractivity contribution is -0.135. The van der Waals surface area contributed by atoms with Gasteiger partial charge in [0.1, 0.15) is 5.75 Å². The number of ketones is 1. The number of carbonyl (C=O) groups is 2. The van der Waals surface area contributed by atoms with Gasteiger partial charge in [-0.05, 0) is 62.8 Å². The van der Waals surface area contributed by atoms with E-state index in [1.165, 1.54) is 6.92 Å². The molecular weight excluding hydrogens is 268 g/mol. The van der Waals surface area contributed by atoms with E-state index < -0.39 is 0 Å². The van der Waals surface area contributed by atoms with Gasteiger partial charge >= 0.3 is 5.97 Å². The van der Waals surface area contributed by atoms with Crippen molar-refractivity contribution in [3.63, 3.8) is 0 Å². The van der Waals surface area contributed by atoms with Crippen LogP contribution < -0.4 is 4.74 Å². The summed E-state index contributed by atoms with van der Waals surface area (Å²) < 4.78 is 10.8. The van der Waals surface area contributed by atoms with Crippen LogP contribution in [0.3, 0.4) is 0 Å². The maximum absolute atomic E-state index is 11.9. The fourth-order valence-corrected chi connectivity index (χ4v) is 2.51. The number of ether oxygens (including phenoxy) is 2. The van der Waals surface area contributed by atoms with Gasteiger partial charge in [0.2, 0.25) is 0 Å². The van der Waals surface area contributed by atoms with Crippen molar-refractivity contribution in [3.8, 4) is 5.75 Å². The van der Waals surface area contributed by atoms with Crippen LogP contribution in [0.25, 0.3) is 0 Å². The van der Waals surface area contributed by atoms with Crippen molar-refractivity contribution < 1.29 is 19.1 Å². The molecule has 0 radical (unpaired) electrons. The van der Waals surface area contributed by atoms with Gasteiger partial charge in [-0.2, -0.15) is 0 Å². The Labute approximate surface area is 125 Å². The van der Waals surface area contributed by atoms with Gasteiger partial charge in [-0.15, -0.1) is 0 Å². The van der Waals surface area contributed by atoms with Crippen LogP contribution in [0.15, 0.2) is 18.2 Å². The molecule has 1 heterocycles. The van der Waals surface area contributed by atoms with E-state index in [1.807, 2.05) is 6.92 Å². The first-order valence-corrected chi connectivity index (χ1v) is 7.46. The quantitative estimate of drug-likeness (QED) is 0.474. The van der Waals surface area contributed by atoms with E-state index in [4.69, 9.17) is 9.47 Å². The Kier molecular flexibility index (Phi) is 5.51. The Hall–Kier alpha value is -1.68. The first-order chi connectivity index (χ1) is 10.1. The van der Waals surface area contributed by atoms with Gasteiger partial charge < -0.3 is 9.47 Å². The van der Waals surface area contributed by atoms with Crippen molar-refractivity contribution in [1.82, 2.24) is 0 Å². The predicted molar refractivity (Wildman–Crippen MR) is 79.6 cm³/mol. The summed E-state index contributed by atoms with van der Waals surface area (Å²) in [6, 6.07) is 5.13. The van der Waals surface area contributed by atoms with E-state index in [-0.39, 0.29) is 11.8 Å². The van der Waals surface area contributed by atoms with Crippen LogP contribution in [0.5, 0.6) is 5.75 Å². The number of esters is 1. The van der Waals surface area contributed by atoms with Gasteiger partial charge in [-0.25, -0.2) is 0 Å². The zero-order valence-electron chi connectivity index (χ0n) is 12.7. The van der Waals surface area contributed by atoms with E-state index in [1.54, 1.807) is 18.2 Å². The molecule has 0 amide bonds. The largest absolute Gasteiger partial charge is 0.426 e. The van der Waals surface area contributed by atoms with Crippen LogP contribution in [0.1, 0.15) is 48.5 Å². The minimum atomic E-state index is -0.223. The monoisotopic (exact) mass is 290 g/mol. The Morgan fingerprint density at radius 1 is 1.38 bits per heavy atom. The molecule has 1 saturated heterocycles. The second kappa shape index (κ2) is 7.36. The molecular formula is C17H22O4. The van der Waals surface area contributed by atoms with Crippen LogP contribution in [-0.4, -0.2) is 25.0 Å². The molecule has 21 heavy (non-hydrogen) atoms. The van der Waals surface area contributed by atoms with E-state index in [0.717, 1.165) is 38.0 Å². The summed E-state index contributed by atoms with van der Waals surface area (Å²) in [4.78, 5) is 23.2. The topological polar surface area (TPSA) is 52.6 Å². The second-order valence-corrected chi connectivity index (χ2v) is 5.63. The molecule has 4 heteroatoms. The fourth-order valence-electron chi connectivity index (χ4n) is 2.51. The van der Waals surface area contributed by atoms with Gasteiger partial charge in [-0.3, -0.25) is 9.59 Å². The van der Waals surface area contributed by atoms with Crippen molar-refractivity contribution in [2.24, 2.45) is 5.92 Å². The van der Waals surface area contributed by atoms with Crippen LogP contribution in [0.2, 0.25) is 0 Å². The molecule has 1 atom stereocenters. The SMILES string of the molecule is CC(=O)c1ccc(OC(=O)CC[C@@H]2CCCOC2)c(C)c1. The van der Waals surface area contributed by atoms with E-state index >= 15 is 0 Å². The van der Waals surface area contributed by atoms with Crippen LogP contribution >= 0.6 is 0 Å². The minimum absolute atomic E-state index is 0.00766. The van der Waals surface area contributed by atoms with Gasteiger partial charge in [0.25, 0.3) is 0 Å². The normalized spacial score (nSPS) is 18.3. The Morgan fingerprint density at radius 3 is 2.81 bits per heavy atom. The summed E-state index contributed by atoms with van der Waals surface area (Å²) >= 11 is 0. The van der Waals surface area contributed by atoms with Gasteiger partial charge in [0.15, 0.2) is 5.78 Å². The third-order valence-corrected chi connectivity index (χ3v) is 3.82. The maximum atomic E-state index is 11.9. The maximum Gasteiger partial charge on any atom is 0.311 e. The highest BCUT2D eigenvalue weighted by molar-refractivity contribution is 5.94. The highest BCUT2D eigenvalue weighted by Crippen LogP contribution is 2.22. The lowest BCUT2D eigenvalue weighted by atomic mass is 9.97. The van der Waals surface area contributed by atoms with Gasteiger partial charge in [-0.1, -0.05) is 0 Å². The number of hydrogen-bond acceptors (Lipinski definition) is 4. The zero-order valence-corrected chi connectivity index (χ0v) is 12.7. The van der Waals surface area contributed by atoms with E-state index in [2.05, 4.69) is 0 Å². The Balaban J connectivity index is 1.85. The molecule has 0 aromatic heterocycles. The molecule has 1 aromatic rings. The summed E-state index contributed by atoms with van der Waals surface area (Å²) in [6.45, 7) is 4.94. The number of carbonyl (C=O) groups excluding carboxylic acids is 2. The molecule has 0 unspecified atom stereocenters. The molecule has 0 aliphatic carbocycles. The first kappa shape index (κ1) is 15.7. The predicted octanol–water partition coefficient (Wildman–Crippen LogP) is 3.31. The highest BCUT2D eigenvalue weighted by atomic mass is 16.5. The van der Waals surface area contributed by atoms with Gasteiger partial charge in [0, 0.05) is 25.2 Å². The molecule has 0 spiro atoms. The summed E-state index contributed by atoms with van der Waals surface area (Å²) in [5.74, 6) is 0.782. The lowest BCUT2D eigenvalue weighted by Crippen LogP contribution is -2.19. The molecule has 4 nitrogen and oxygen atoms in total. The molecule has 0 saturated carbocycles. The van der Waals surface area contributed by atoms with Gasteiger partial charge in [0.05, 0.1) is 0 Å². The van der Waals surface area contributed by atoms with Crippen molar-refractivity contribution in [1.29, 1.82) is 0 Å². The van der Waals surface area contributed by atoms with Crippen molar-refractivity contribution >= 4 is 11.8 Å². The van der Waals surface area contributed by atoms with E-state index in [9.17, 15) is 9.59 Å². The molecule has 1 aliphatic rings. The lowest BCUT2D eigenvalue weighted by Gasteiger charge is -2.21.